The third-order valence-corrected chi connectivity index (χ3v) is 4.68. The van der Waals surface area contributed by atoms with E-state index in [2.05, 4.69) is 5.32 Å². The molecule has 1 unspecified atom stereocenters. The zero-order chi connectivity index (χ0) is 19.6. The molecule has 5 nitrogen and oxygen atoms in total. The number of nitrogens with zero attached hydrogens (tertiary/aromatic N) is 2. The molecule has 1 fully saturated rings. The number of amides is 3. The molecule has 142 valence electrons. The van der Waals surface area contributed by atoms with Crippen molar-refractivity contribution in [2.24, 2.45) is 0 Å². The number of carbonyl (C=O) groups excluding carboxylic acids is 2. The molecule has 0 aromatic heterocycles. The second kappa shape index (κ2) is 7.43. The number of hydrogen-bond acceptors (Lipinski definition) is 2. The molecule has 1 aliphatic heterocycles. The van der Waals surface area contributed by atoms with Gasteiger partial charge >= 0.3 is 6.03 Å². The summed E-state index contributed by atoms with van der Waals surface area (Å²) >= 11 is 0. The van der Waals surface area contributed by atoms with Crippen LogP contribution >= 0.6 is 0 Å². The summed E-state index contributed by atoms with van der Waals surface area (Å²) in [5.74, 6) is -0.0614. The van der Waals surface area contributed by atoms with Crippen LogP contribution in [-0.4, -0.2) is 41.5 Å². The van der Waals surface area contributed by atoms with Crippen molar-refractivity contribution in [1.82, 2.24) is 10.2 Å². The van der Waals surface area contributed by atoms with Gasteiger partial charge in [-0.05, 0) is 39.3 Å². The van der Waals surface area contributed by atoms with E-state index < -0.39 is 6.04 Å². The summed E-state index contributed by atoms with van der Waals surface area (Å²) < 4.78 is 0. The zero-order valence-corrected chi connectivity index (χ0v) is 16.4. The third-order valence-electron chi connectivity index (χ3n) is 4.68. The summed E-state index contributed by atoms with van der Waals surface area (Å²) in [6.45, 7) is 8.57. The molecule has 2 aromatic rings. The number of urea groups is 1. The second-order valence-corrected chi connectivity index (χ2v) is 7.92. The Kier molecular flexibility index (Phi) is 5.22. The molecular weight excluding hydrogens is 338 g/mol. The van der Waals surface area contributed by atoms with Gasteiger partial charge in [-0.1, -0.05) is 48.5 Å². The van der Waals surface area contributed by atoms with E-state index in [-0.39, 0.29) is 17.5 Å². The molecular formula is C22H27N3O2. The lowest BCUT2D eigenvalue weighted by Gasteiger charge is -2.40. The van der Waals surface area contributed by atoms with Gasteiger partial charge in [0.25, 0.3) is 0 Å². The van der Waals surface area contributed by atoms with Gasteiger partial charge in [-0.25, -0.2) is 4.79 Å². The minimum Gasteiger partial charge on any atom is -0.333 e. The first-order chi connectivity index (χ1) is 12.8. The van der Waals surface area contributed by atoms with Crippen molar-refractivity contribution >= 4 is 17.6 Å². The van der Waals surface area contributed by atoms with Gasteiger partial charge in [0.15, 0.2) is 0 Å². The van der Waals surface area contributed by atoms with Crippen LogP contribution in [0.5, 0.6) is 0 Å². The van der Waals surface area contributed by atoms with Crippen LogP contribution in [0.3, 0.4) is 0 Å². The Balaban J connectivity index is 1.85. The number of carbonyl (C=O) groups is 2. The van der Waals surface area contributed by atoms with Crippen molar-refractivity contribution in [3.05, 3.63) is 54.6 Å². The maximum Gasteiger partial charge on any atom is 0.318 e. The van der Waals surface area contributed by atoms with E-state index in [4.69, 9.17) is 0 Å². The van der Waals surface area contributed by atoms with Crippen molar-refractivity contribution in [1.29, 1.82) is 0 Å². The second-order valence-electron chi connectivity index (χ2n) is 7.92. The molecule has 0 bridgehead atoms. The number of para-hydroxylation sites is 1. The normalized spacial score (nSPS) is 17.8. The molecule has 0 radical (unpaired) electrons. The molecule has 3 amide bonds. The first kappa shape index (κ1) is 19.0. The van der Waals surface area contributed by atoms with Gasteiger partial charge in [-0.3, -0.25) is 4.79 Å². The predicted octanol–water partition coefficient (Wildman–Crippen LogP) is 3.90. The fraction of sp³-hybridized carbons (Fsp3) is 0.364. The highest BCUT2D eigenvalue weighted by Crippen LogP contribution is 2.32. The van der Waals surface area contributed by atoms with Crippen LogP contribution in [0, 0.1) is 0 Å². The highest BCUT2D eigenvalue weighted by Gasteiger charge is 2.36. The molecule has 2 aromatic carbocycles. The van der Waals surface area contributed by atoms with Crippen molar-refractivity contribution in [3.8, 4) is 11.1 Å². The largest absolute Gasteiger partial charge is 0.333 e. The Hall–Kier alpha value is -2.82. The fourth-order valence-corrected chi connectivity index (χ4v) is 3.35. The highest BCUT2D eigenvalue weighted by atomic mass is 16.2. The van der Waals surface area contributed by atoms with Crippen LogP contribution in [0.15, 0.2) is 54.6 Å². The minimum atomic E-state index is -0.509. The van der Waals surface area contributed by atoms with Gasteiger partial charge in [-0.2, -0.15) is 0 Å². The number of anilines is 1. The average Bonchev–Trinajstić information content (AvgIpc) is 2.63. The van der Waals surface area contributed by atoms with E-state index in [1.54, 1.807) is 16.7 Å². The number of nitrogens with one attached hydrogen (secondary N) is 1. The lowest BCUT2D eigenvalue weighted by atomic mass is 10.0. The minimum absolute atomic E-state index is 0.0614. The quantitative estimate of drug-likeness (QED) is 0.877. The summed E-state index contributed by atoms with van der Waals surface area (Å²) in [6.07, 6.45) is 0. The van der Waals surface area contributed by atoms with E-state index >= 15 is 0 Å². The number of piperazine rings is 1. The molecule has 3 rings (SSSR count). The Labute approximate surface area is 161 Å². The van der Waals surface area contributed by atoms with Crippen molar-refractivity contribution in [2.45, 2.75) is 39.3 Å². The third kappa shape index (κ3) is 4.13. The number of benzene rings is 2. The van der Waals surface area contributed by atoms with Gasteiger partial charge in [-0.15, -0.1) is 0 Å². The monoisotopic (exact) mass is 365 g/mol. The van der Waals surface area contributed by atoms with Crippen molar-refractivity contribution < 1.29 is 9.59 Å². The SMILES string of the molecule is CC1C(=O)N(c2ccccc2-c2ccccc2)CCN1C(=O)NC(C)(C)C. The molecule has 1 N–H and O–H groups in total. The summed E-state index contributed by atoms with van der Waals surface area (Å²) in [6, 6.07) is 17.3. The summed E-state index contributed by atoms with van der Waals surface area (Å²) in [4.78, 5) is 29.1. The van der Waals surface area contributed by atoms with Crippen LogP contribution in [0.2, 0.25) is 0 Å². The van der Waals surface area contributed by atoms with Crippen LogP contribution in [-0.2, 0) is 4.79 Å². The molecule has 1 atom stereocenters. The highest BCUT2D eigenvalue weighted by molar-refractivity contribution is 6.02. The maximum atomic E-state index is 13.1. The van der Waals surface area contributed by atoms with Gasteiger partial charge in [0.2, 0.25) is 5.91 Å². The Bertz CT molecular complexity index is 827. The van der Waals surface area contributed by atoms with Crippen LogP contribution < -0.4 is 10.2 Å². The van der Waals surface area contributed by atoms with Gasteiger partial charge in [0.05, 0.1) is 5.69 Å². The summed E-state index contributed by atoms with van der Waals surface area (Å²) in [5, 5.41) is 2.95. The number of hydrogen-bond donors (Lipinski definition) is 1. The smallest absolute Gasteiger partial charge is 0.318 e. The maximum absolute atomic E-state index is 13.1. The van der Waals surface area contributed by atoms with Gasteiger partial charge < -0.3 is 15.1 Å². The Morgan fingerprint density at radius 1 is 1.00 bits per heavy atom. The summed E-state index contributed by atoms with van der Waals surface area (Å²) in [7, 11) is 0. The first-order valence-electron chi connectivity index (χ1n) is 9.32. The standard InChI is InChI=1S/C22H27N3O2/c1-16-20(26)25(15-14-24(16)21(27)23-22(2,3)4)19-13-9-8-12-18(19)17-10-6-5-7-11-17/h5-13,16H,14-15H2,1-4H3,(H,23,27). The van der Waals surface area contributed by atoms with Crippen LogP contribution in [0.4, 0.5) is 10.5 Å². The Morgan fingerprint density at radius 3 is 2.30 bits per heavy atom. The van der Waals surface area contributed by atoms with Crippen molar-refractivity contribution in [3.63, 3.8) is 0 Å². The van der Waals surface area contributed by atoms with Gasteiger partial charge in [0, 0.05) is 24.2 Å². The molecule has 0 aliphatic carbocycles. The molecule has 1 heterocycles. The molecule has 5 heteroatoms. The van der Waals surface area contributed by atoms with E-state index in [1.165, 1.54) is 0 Å². The predicted molar refractivity (Wildman–Crippen MR) is 109 cm³/mol. The number of rotatable bonds is 2. The Morgan fingerprint density at radius 2 is 1.63 bits per heavy atom. The van der Waals surface area contributed by atoms with E-state index in [0.29, 0.717) is 13.1 Å². The summed E-state index contributed by atoms with van der Waals surface area (Å²) in [5.41, 5.74) is 2.64. The molecule has 27 heavy (non-hydrogen) atoms. The van der Waals surface area contributed by atoms with Crippen molar-refractivity contribution in [2.75, 3.05) is 18.0 Å². The topological polar surface area (TPSA) is 52.7 Å². The first-order valence-corrected chi connectivity index (χ1v) is 9.32. The molecule has 1 aliphatic rings. The fourth-order valence-electron chi connectivity index (χ4n) is 3.35. The molecule has 1 saturated heterocycles. The average molecular weight is 365 g/mol. The lowest BCUT2D eigenvalue weighted by Crippen LogP contribution is -2.61. The van der Waals surface area contributed by atoms with E-state index in [9.17, 15) is 9.59 Å². The molecule has 0 saturated carbocycles. The van der Waals surface area contributed by atoms with E-state index in [1.807, 2.05) is 75.4 Å². The van der Waals surface area contributed by atoms with Crippen LogP contribution in [0.1, 0.15) is 27.7 Å². The van der Waals surface area contributed by atoms with Crippen LogP contribution in [0.25, 0.3) is 11.1 Å². The van der Waals surface area contributed by atoms with E-state index in [0.717, 1.165) is 16.8 Å². The van der Waals surface area contributed by atoms with Gasteiger partial charge in [0.1, 0.15) is 6.04 Å². The zero-order valence-electron chi connectivity index (χ0n) is 16.4. The molecule has 0 spiro atoms. The lowest BCUT2D eigenvalue weighted by molar-refractivity contribution is -0.124.